The Labute approximate surface area is 228 Å². The standard InChI is InChI=1S/C31H21ClN2O5/c32-22-11-12-25-21(14-22)16-26(39-25)29(35)27-28(34(31(37)30(27)36)18-19-6-5-13-33-17-19)20-7-4-10-24(15-20)38-23-8-2-1-3-9-23/h1-17,28,36H,18H2. The Bertz CT molecular complexity index is 1730. The van der Waals surface area contributed by atoms with E-state index in [1.807, 2.05) is 36.4 Å². The Hall–Kier alpha value is -4.88. The molecular formula is C31H21ClN2O5. The fraction of sp³-hybridized carbons (Fsp3) is 0.0645. The van der Waals surface area contributed by atoms with Crippen molar-refractivity contribution >= 4 is 34.3 Å². The molecule has 0 radical (unpaired) electrons. The molecule has 3 aromatic carbocycles. The Morgan fingerprint density at radius 1 is 0.974 bits per heavy atom. The van der Waals surface area contributed by atoms with Crippen LogP contribution in [0.4, 0.5) is 0 Å². The maximum absolute atomic E-state index is 13.8. The number of rotatable bonds is 7. The Balaban J connectivity index is 1.43. The third-order valence-corrected chi connectivity index (χ3v) is 6.71. The third kappa shape index (κ3) is 4.76. The van der Waals surface area contributed by atoms with E-state index in [1.165, 1.54) is 4.90 Å². The van der Waals surface area contributed by atoms with Gasteiger partial charge in [0.05, 0.1) is 11.6 Å². The highest BCUT2D eigenvalue weighted by Gasteiger charge is 2.44. The number of hydrogen-bond acceptors (Lipinski definition) is 6. The van der Waals surface area contributed by atoms with E-state index in [1.54, 1.807) is 67.0 Å². The van der Waals surface area contributed by atoms with Crippen LogP contribution in [0.2, 0.25) is 5.02 Å². The van der Waals surface area contributed by atoms with Crippen LogP contribution < -0.4 is 4.74 Å². The third-order valence-electron chi connectivity index (χ3n) is 6.48. The van der Waals surface area contributed by atoms with Gasteiger partial charge in [0.1, 0.15) is 17.1 Å². The van der Waals surface area contributed by atoms with Gasteiger partial charge in [0.25, 0.3) is 5.91 Å². The molecule has 8 heteroatoms. The van der Waals surface area contributed by atoms with Gasteiger partial charge in [0.15, 0.2) is 11.5 Å². The molecule has 6 rings (SSSR count). The monoisotopic (exact) mass is 536 g/mol. The van der Waals surface area contributed by atoms with Crippen LogP contribution in [-0.4, -0.2) is 26.7 Å². The minimum atomic E-state index is -0.902. The normalized spacial score (nSPS) is 15.3. The number of pyridine rings is 1. The zero-order valence-electron chi connectivity index (χ0n) is 20.5. The van der Waals surface area contributed by atoms with E-state index in [2.05, 4.69) is 4.98 Å². The lowest BCUT2D eigenvalue weighted by atomic mass is 9.94. The summed E-state index contributed by atoms with van der Waals surface area (Å²) in [5.74, 6) is -0.737. The molecule has 192 valence electrons. The SMILES string of the molecule is O=C(C1=C(O)C(=O)N(Cc2cccnc2)C1c1cccc(Oc2ccccc2)c1)c1cc2cc(Cl)ccc2o1. The fourth-order valence-corrected chi connectivity index (χ4v) is 4.90. The lowest BCUT2D eigenvalue weighted by molar-refractivity contribution is -0.130. The summed E-state index contributed by atoms with van der Waals surface area (Å²) in [4.78, 5) is 32.8. The smallest absolute Gasteiger partial charge is 0.290 e. The molecule has 0 saturated carbocycles. The quantitative estimate of drug-likeness (QED) is 0.224. The van der Waals surface area contributed by atoms with Crippen LogP contribution in [0.5, 0.6) is 11.5 Å². The average Bonchev–Trinajstić information content (AvgIpc) is 3.48. The highest BCUT2D eigenvalue weighted by Crippen LogP contribution is 2.41. The number of ketones is 1. The number of furan rings is 1. The Morgan fingerprint density at radius 2 is 1.79 bits per heavy atom. The number of nitrogens with zero attached hydrogens (tertiary/aromatic N) is 2. The molecular weight excluding hydrogens is 516 g/mol. The first kappa shape index (κ1) is 24.5. The Kier molecular flexibility index (Phi) is 6.34. The van der Waals surface area contributed by atoms with Crippen molar-refractivity contribution in [3.05, 3.63) is 137 Å². The highest BCUT2D eigenvalue weighted by atomic mass is 35.5. The molecule has 0 spiro atoms. The summed E-state index contributed by atoms with van der Waals surface area (Å²) in [7, 11) is 0. The first-order valence-corrected chi connectivity index (χ1v) is 12.6. The van der Waals surface area contributed by atoms with Gasteiger partial charge in [-0.25, -0.2) is 0 Å². The number of hydrogen-bond donors (Lipinski definition) is 1. The van der Waals surface area contributed by atoms with Crippen LogP contribution in [-0.2, 0) is 11.3 Å². The van der Waals surface area contributed by atoms with Crippen LogP contribution >= 0.6 is 11.6 Å². The Morgan fingerprint density at radius 3 is 2.59 bits per heavy atom. The van der Waals surface area contributed by atoms with Gasteiger partial charge in [-0.2, -0.15) is 0 Å². The van der Waals surface area contributed by atoms with Crippen LogP contribution in [0.25, 0.3) is 11.0 Å². The summed E-state index contributed by atoms with van der Waals surface area (Å²) in [6.45, 7) is 0.123. The number of para-hydroxylation sites is 1. The summed E-state index contributed by atoms with van der Waals surface area (Å²) in [5, 5.41) is 12.2. The second kappa shape index (κ2) is 10.1. The number of benzene rings is 3. The minimum absolute atomic E-state index is 0.00784. The number of ether oxygens (including phenoxy) is 1. The highest BCUT2D eigenvalue weighted by molar-refractivity contribution is 6.31. The summed E-state index contributed by atoms with van der Waals surface area (Å²) >= 11 is 6.10. The maximum Gasteiger partial charge on any atom is 0.290 e. The van der Waals surface area contributed by atoms with Crippen molar-refractivity contribution < 1.29 is 23.8 Å². The molecule has 0 saturated heterocycles. The zero-order valence-corrected chi connectivity index (χ0v) is 21.2. The number of carbonyl (C=O) groups excluding carboxylic acids is 2. The average molecular weight is 537 g/mol. The summed E-state index contributed by atoms with van der Waals surface area (Å²) in [6, 6.07) is 25.6. The van der Waals surface area contributed by atoms with Crippen LogP contribution in [0.3, 0.4) is 0 Å². The van der Waals surface area contributed by atoms with E-state index in [-0.39, 0.29) is 17.9 Å². The van der Waals surface area contributed by atoms with Gasteiger partial charge in [-0.3, -0.25) is 14.6 Å². The fourth-order valence-electron chi connectivity index (χ4n) is 4.72. The number of aliphatic hydroxyl groups is 1. The van der Waals surface area contributed by atoms with Crippen molar-refractivity contribution in [1.29, 1.82) is 0 Å². The molecule has 1 aliphatic heterocycles. The van der Waals surface area contributed by atoms with Crippen molar-refractivity contribution in [2.45, 2.75) is 12.6 Å². The minimum Gasteiger partial charge on any atom is -0.503 e. The summed E-state index contributed by atoms with van der Waals surface area (Å²) in [6.07, 6.45) is 3.27. The number of Topliss-reactive ketones (excluding diaryl/α,β-unsaturated/α-hetero) is 1. The summed E-state index contributed by atoms with van der Waals surface area (Å²) < 4.78 is 11.8. The van der Waals surface area contributed by atoms with Gasteiger partial charge in [-0.05, 0) is 65.7 Å². The van der Waals surface area contributed by atoms with Gasteiger partial charge < -0.3 is 19.2 Å². The molecule has 1 amide bonds. The van der Waals surface area contributed by atoms with E-state index in [0.29, 0.717) is 33.1 Å². The van der Waals surface area contributed by atoms with Gasteiger partial charge in [-0.1, -0.05) is 48.0 Å². The lowest BCUT2D eigenvalue weighted by Crippen LogP contribution is -2.30. The molecule has 0 fully saturated rings. The van der Waals surface area contributed by atoms with Gasteiger partial charge in [0.2, 0.25) is 5.78 Å². The summed E-state index contributed by atoms with van der Waals surface area (Å²) in [5.41, 5.74) is 1.72. The van der Waals surface area contributed by atoms with Crippen molar-refractivity contribution in [3.8, 4) is 11.5 Å². The van der Waals surface area contributed by atoms with E-state index >= 15 is 0 Å². The van der Waals surface area contributed by atoms with Crippen molar-refractivity contribution in [2.75, 3.05) is 0 Å². The van der Waals surface area contributed by atoms with Crippen molar-refractivity contribution in [3.63, 3.8) is 0 Å². The predicted octanol–water partition coefficient (Wildman–Crippen LogP) is 7.05. The van der Waals surface area contributed by atoms with E-state index < -0.39 is 23.5 Å². The number of aliphatic hydroxyl groups excluding tert-OH is 1. The topological polar surface area (TPSA) is 92.9 Å². The van der Waals surface area contributed by atoms with E-state index in [9.17, 15) is 14.7 Å². The molecule has 5 aromatic rings. The maximum atomic E-state index is 13.8. The molecule has 39 heavy (non-hydrogen) atoms. The van der Waals surface area contributed by atoms with Gasteiger partial charge >= 0.3 is 0 Å². The molecule has 0 aliphatic carbocycles. The second-order valence-electron chi connectivity index (χ2n) is 9.07. The molecule has 1 atom stereocenters. The number of carbonyl (C=O) groups is 2. The van der Waals surface area contributed by atoms with Crippen LogP contribution in [0.15, 0.2) is 119 Å². The van der Waals surface area contributed by atoms with Crippen molar-refractivity contribution in [1.82, 2.24) is 9.88 Å². The molecule has 0 bridgehead atoms. The number of amides is 1. The first-order valence-electron chi connectivity index (χ1n) is 12.2. The van der Waals surface area contributed by atoms with Crippen LogP contribution in [0, 0.1) is 0 Å². The number of aromatic nitrogens is 1. The first-order chi connectivity index (χ1) is 19.0. The lowest BCUT2D eigenvalue weighted by Gasteiger charge is -2.27. The largest absolute Gasteiger partial charge is 0.503 e. The molecule has 1 aliphatic rings. The van der Waals surface area contributed by atoms with Crippen molar-refractivity contribution in [2.24, 2.45) is 0 Å². The van der Waals surface area contributed by atoms with E-state index in [0.717, 1.165) is 5.56 Å². The molecule has 2 aromatic heterocycles. The molecule has 3 heterocycles. The molecule has 7 nitrogen and oxygen atoms in total. The number of fused-ring (bicyclic) bond motifs is 1. The second-order valence-corrected chi connectivity index (χ2v) is 9.51. The van der Waals surface area contributed by atoms with E-state index in [4.69, 9.17) is 20.8 Å². The van der Waals surface area contributed by atoms with Crippen LogP contribution in [0.1, 0.15) is 27.7 Å². The predicted molar refractivity (Wildman–Crippen MR) is 146 cm³/mol. The number of halogens is 1. The zero-order chi connectivity index (χ0) is 26.9. The van der Waals surface area contributed by atoms with Gasteiger partial charge in [0, 0.05) is 29.3 Å². The van der Waals surface area contributed by atoms with Gasteiger partial charge in [-0.15, -0.1) is 0 Å². The molecule has 1 unspecified atom stereocenters. The molecule has 1 N–H and O–H groups in total.